The third kappa shape index (κ3) is 2.97. The van der Waals surface area contributed by atoms with Gasteiger partial charge in [-0.2, -0.15) is 0 Å². The lowest BCUT2D eigenvalue weighted by Gasteiger charge is -2.49. The molecule has 3 nitrogen and oxygen atoms in total. The van der Waals surface area contributed by atoms with Crippen molar-refractivity contribution in [3.63, 3.8) is 0 Å². The topological polar surface area (TPSA) is 32.3 Å². The molecule has 0 aliphatic carbocycles. The zero-order valence-electron chi connectivity index (χ0n) is 15.2. The second-order valence-corrected chi connectivity index (χ2v) is 8.83. The Hall–Kier alpha value is -1.49. The maximum atomic E-state index is 12.5. The van der Waals surface area contributed by atoms with E-state index in [2.05, 4.69) is 43.3 Å². The van der Waals surface area contributed by atoms with E-state index in [0.29, 0.717) is 13.1 Å². The van der Waals surface area contributed by atoms with Crippen LogP contribution in [-0.4, -0.2) is 31.9 Å². The van der Waals surface area contributed by atoms with Crippen LogP contribution < -0.4 is 4.74 Å². The fraction of sp³-hybridized carbons (Fsp3) is 0.429. The number of aryl methyl sites for hydroxylation is 1. The van der Waals surface area contributed by atoms with Gasteiger partial charge < -0.3 is 14.6 Å². The number of hydrogen-bond donors (Lipinski definition) is 0. The highest BCUT2D eigenvalue weighted by Gasteiger charge is 2.44. The minimum Gasteiger partial charge on any atom is -0.633 e. The number of quaternary nitrogens is 1. The molecule has 25 heavy (non-hydrogen) atoms. The third-order valence-electron chi connectivity index (χ3n) is 5.83. The van der Waals surface area contributed by atoms with E-state index in [1.54, 1.807) is 14.2 Å². The summed E-state index contributed by atoms with van der Waals surface area (Å²) in [5.74, 6) is 0.969. The van der Waals surface area contributed by atoms with Crippen molar-refractivity contribution in [2.45, 2.75) is 41.4 Å². The van der Waals surface area contributed by atoms with E-state index in [4.69, 9.17) is 4.74 Å². The molecule has 2 heterocycles. The van der Waals surface area contributed by atoms with Crippen molar-refractivity contribution >= 4 is 11.8 Å². The number of hydrogen-bond acceptors (Lipinski definition) is 3. The lowest BCUT2D eigenvalue weighted by Crippen LogP contribution is -2.51. The zero-order valence-corrected chi connectivity index (χ0v) is 16.0. The molecule has 2 aliphatic heterocycles. The molecule has 2 aromatic carbocycles. The number of fused-ring (bicyclic) bond motifs is 3. The molecular weight excluding hydrogens is 330 g/mol. The number of likely N-dealkylation sites (tertiary alicyclic amines) is 1. The maximum Gasteiger partial charge on any atom is 0.123 e. The quantitative estimate of drug-likeness (QED) is 0.550. The molecule has 0 amide bonds. The summed E-state index contributed by atoms with van der Waals surface area (Å²) in [6, 6.07) is 13.1. The molecule has 1 fully saturated rings. The molecule has 0 aromatic heterocycles. The number of nitrogens with zero attached hydrogens (tertiary/aromatic N) is 1. The van der Waals surface area contributed by atoms with Crippen LogP contribution in [0, 0.1) is 12.1 Å². The van der Waals surface area contributed by atoms with Gasteiger partial charge in [0.2, 0.25) is 0 Å². The summed E-state index contributed by atoms with van der Waals surface area (Å²) in [6.45, 7) is 3.50. The van der Waals surface area contributed by atoms with Crippen LogP contribution in [0.3, 0.4) is 0 Å². The fourth-order valence-electron chi connectivity index (χ4n) is 4.37. The summed E-state index contributed by atoms with van der Waals surface area (Å²) in [4.78, 5) is 2.62. The average Bonchev–Trinajstić information content (AvgIpc) is 2.72. The molecule has 0 unspecified atom stereocenters. The average molecular weight is 356 g/mol. The van der Waals surface area contributed by atoms with Gasteiger partial charge in [0.1, 0.15) is 5.75 Å². The Kier molecular flexibility index (Phi) is 4.10. The van der Waals surface area contributed by atoms with E-state index < -0.39 is 0 Å². The van der Waals surface area contributed by atoms with Gasteiger partial charge in [0.15, 0.2) is 0 Å². The van der Waals surface area contributed by atoms with Crippen LogP contribution in [0.5, 0.6) is 5.75 Å². The Morgan fingerprint density at radius 1 is 1.12 bits per heavy atom. The second kappa shape index (κ2) is 6.04. The zero-order chi connectivity index (χ0) is 17.7. The number of ether oxygens (including phenoxy) is 1. The number of benzene rings is 2. The summed E-state index contributed by atoms with van der Waals surface area (Å²) in [6.07, 6.45) is 2.81. The maximum absolute atomic E-state index is 12.5. The van der Waals surface area contributed by atoms with Gasteiger partial charge in [-0.25, -0.2) is 0 Å². The second-order valence-electron chi connectivity index (χ2n) is 7.75. The number of piperidine rings is 1. The third-order valence-corrected chi connectivity index (χ3v) is 7.01. The molecule has 0 radical (unpaired) electrons. The van der Waals surface area contributed by atoms with E-state index >= 15 is 0 Å². The van der Waals surface area contributed by atoms with Crippen molar-refractivity contribution in [1.29, 1.82) is 0 Å². The summed E-state index contributed by atoms with van der Waals surface area (Å²) in [7, 11) is 3.56. The van der Waals surface area contributed by atoms with Crippen LogP contribution >= 0.6 is 11.8 Å². The lowest BCUT2D eigenvalue weighted by molar-refractivity contribution is -0.867. The normalized spacial score (nSPS) is 28.2. The van der Waals surface area contributed by atoms with Gasteiger partial charge in [0.25, 0.3) is 0 Å². The Morgan fingerprint density at radius 2 is 1.88 bits per heavy atom. The standard InChI is InChI=1S/C21H25NO2S/c1-15-7-8-18-16(13-15)14-21(9-11-22(2,23)12-10-21)20-17(24-3)5-4-6-19(20)25-18/h4-8,13H,9-12,14H2,1-3H3. The molecule has 1 spiro atoms. The van der Waals surface area contributed by atoms with Crippen LogP contribution in [0.15, 0.2) is 46.2 Å². The molecule has 1 saturated heterocycles. The largest absolute Gasteiger partial charge is 0.633 e. The highest BCUT2D eigenvalue weighted by molar-refractivity contribution is 7.99. The van der Waals surface area contributed by atoms with Crippen molar-refractivity contribution in [2.75, 3.05) is 27.2 Å². The first kappa shape index (κ1) is 17.0. The first-order chi connectivity index (χ1) is 11.9. The van der Waals surface area contributed by atoms with Crippen molar-refractivity contribution < 1.29 is 9.38 Å². The Labute approximate surface area is 154 Å². The molecule has 0 bridgehead atoms. The van der Waals surface area contributed by atoms with E-state index in [-0.39, 0.29) is 10.1 Å². The van der Waals surface area contributed by atoms with Crippen LogP contribution in [0.1, 0.15) is 29.5 Å². The fourth-order valence-corrected chi connectivity index (χ4v) is 5.57. The SMILES string of the molecule is COc1cccc2c1C1(CC[N+](C)([O-])CC1)Cc1cc(C)ccc1S2. The van der Waals surface area contributed by atoms with Crippen molar-refractivity contribution in [2.24, 2.45) is 0 Å². The van der Waals surface area contributed by atoms with Gasteiger partial charge in [-0.3, -0.25) is 0 Å². The minimum atomic E-state index is -0.125. The molecule has 2 aromatic rings. The predicted octanol–water partition coefficient (Wildman–Crippen LogP) is 4.69. The van der Waals surface area contributed by atoms with Crippen molar-refractivity contribution in [3.8, 4) is 5.75 Å². The predicted molar refractivity (Wildman–Crippen MR) is 102 cm³/mol. The van der Waals surface area contributed by atoms with Crippen molar-refractivity contribution in [3.05, 3.63) is 58.3 Å². The van der Waals surface area contributed by atoms with Gasteiger partial charge in [-0.15, -0.1) is 0 Å². The smallest absolute Gasteiger partial charge is 0.123 e. The Balaban J connectivity index is 1.90. The van der Waals surface area contributed by atoms with Crippen LogP contribution in [-0.2, 0) is 11.8 Å². The van der Waals surface area contributed by atoms with E-state index in [0.717, 1.165) is 25.0 Å². The van der Waals surface area contributed by atoms with E-state index in [1.807, 2.05) is 11.8 Å². The Bertz CT molecular complexity index is 806. The van der Waals surface area contributed by atoms with Crippen LogP contribution in [0.25, 0.3) is 0 Å². The lowest BCUT2D eigenvalue weighted by atomic mass is 9.68. The highest BCUT2D eigenvalue weighted by Crippen LogP contribution is 2.52. The van der Waals surface area contributed by atoms with Gasteiger partial charge in [-0.1, -0.05) is 35.5 Å². The van der Waals surface area contributed by atoms with Gasteiger partial charge in [-0.05, 0) is 37.1 Å². The molecule has 4 rings (SSSR count). The highest BCUT2D eigenvalue weighted by atomic mass is 32.2. The number of methoxy groups -OCH3 is 1. The molecule has 0 atom stereocenters. The molecule has 2 aliphatic rings. The molecule has 132 valence electrons. The van der Waals surface area contributed by atoms with Gasteiger partial charge in [0.05, 0.1) is 27.2 Å². The summed E-state index contributed by atoms with van der Waals surface area (Å²) >= 11 is 1.85. The molecule has 4 heteroatoms. The van der Waals surface area contributed by atoms with Crippen LogP contribution in [0.2, 0.25) is 0 Å². The number of hydroxylamine groups is 3. The van der Waals surface area contributed by atoms with Crippen LogP contribution in [0.4, 0.5) is 0 Å². The first-order valence-electron chi connectivity index (χ1n) is 8.93. The summed E-state index contributed by atoms with van der Waals surface area (Å²) in [5.41, 5.74) is 4.02. The first-order valence-corrected chi connectivity index (χ1v) is 9.75. The van der Waals surface area contributed by atoms with Gasteiger partial charge in [0, 0.05) is 33.6 Å². The summed E-state index contributed by atoms with van der Waals surface area (Å²) in [5, 5.41) is 12.5. The molecule has 0 saturated carbocycles. The molecule has 0 N–H and O–H groups in total. The monoisotopic (exact) mass is 355 g/mol. The molecular formula is C21H25NO2S. The van der Waals surface area contributed by atoms with E-state index in [9.17, 15) is 5.21 Å². The van der Waals surface area contributed by atoms with Gasteiger partial charge >= 0.3 is 0 Å². The Morgan fingerprint density at radius 3 is 2.60 bits per heavy atom. The summed E-state index contributed by atoms with van der Waals surface area (Å²) < 4.78 is 5.65. The number of rotatable bonds is 1. The van der Waals surface area contributed by atoms with Crippen molar-refractivity contribution in [1.82, 2.24) is 0 Å². The minimum absolute atomic E-state index is 0.00382. The van der Waals surface area contributed by atoms with E-state index in [1.165, 1.54) is 26.5 Å².